The van der Waals surface area contributed by atoms with Crippen molar-refractivity contribution in [2.45, 2.75) is 18.9 Å². The standard InChI is InChI=1S/C21H17F3NO3P/c22-21(23,24)16-9-10-20-18(11-16)17-3-1-2-4-19(17)25(20)12-14-5-7-15(8-6-14)13-29(26,27)28/h1-11H,12-13H2,(H2,26,27,28). The molecule has 0 saturated heterocycles. The number of halogens is 3. The SMILES string of the molecule is O=P(O)(O)Cc1ccc(Cn2c3ccccc3c3cc(C(F)(F)F)ccc32)cc1. The van der Waals surface area contributed by atoms with Crippen molar-refractivity contribution in [1.82, 2.24) is 4.57 Å². The second-order valence-electron chi connectivity index (χ2n) is 6.97. The van der Waals surface area contributed by atoms with Crippen LogP contribution >= 0.6 is 7.60 Å². The summed E-state index contributed by atoms with van der Waals surface area (Å²) in [7, 11) is -4.14. The highest BCUT2D eigenvalue weighted by atomic mass is 31.2. The van der Waals surface area contributed by atoms with Gasteiger partial charge in [-0.3, -0.25) is 4.57 Å². The lowest BCUT2D eigenvalue weighted by Crippen LogP contribution is -2.04. The molecule has 0 aliphatic carbocycles. The Labute approximate surface area is 164 Å². The molecule has 4 aromatic rings. The van der Waals surface area contributed by atoms with E-state index in [2.05, 4.69) is 0 Å². The van der Waals surface area contributed by atoms with E-state index in [4.69, 9.17) is 9.79 Å². The Morgan fingerprint density at radius 1 is 0.828 bits per heavy atom. The molecule has 0 atom stereocenters. The van der Waals surface area contributed by atoms with Crippen LogP contribution in [0.4, 0.5) is 13.2 Å². The summed E-state index contributed by atoms with van der Waals surface area (Å²) in [5, 5.41) is 1.28. The molecule has 2 N–H and O–H groups in total. The van der Waals surface area contributed by atoms with Crippen molar-refractivity contribution < 1.29 is 27.5 Å². The van der Waals surface area contributed by atoms with Gasteiger partial charge in [0, 0.05) is 28.4 Å². The van der Waals surface area contributed by atoms with Gasteiger partial charge in [0.1, 0.15) is 0 Å². The first-order valence-electron chi connectivity index (χ1n) is 8.82. The third-order valence-electron chi connectivity index (χ3n) is 4.85. The Balaban J connectivity index is 1.78. The van der Waals surface area contributed by atoms with E-state index in [1.807, 2.05) is 16.7 Å². The van der Waals surface area contributed by atoms with Gasteiger partial charge in [0.25, 0.3) is 0 Å². The zero-order chi connectivity index (χ0) is 20.8. The Kier molecular flexibility index (Phi) is 4.77. The molecule has 0 unspecified atom stereocenters. The first-order valence-corrected chi connectivity index (χ1v) is 10.6. The van der Waals surface area contributed by atoms with Crippen LogP contribution in [0.15, 0.2) is 66.7 Å². The van der Waals surface area contributed by atoms with Crippen LogP contribution in [0.25, 0.3) is 21.8 Å². The average Bonchev–Trinajstić information content (AvgIpc) is 2.95. The molecule has 3 aromatic carbocycles. The maximum atomic E-state index is 13.2. The number of aromatic nitrogens is 1. The zero-order valence-electron chi connectivity index (χ0n) is 15.1. The van der Waals surface area contributed by atoms with Gasteiger partial charge < -0.3 is 14.4 Å². The molecule has 0 saturated carbocycles. The van der Waals surface area contributed by atoms with Crippen molar-refractivity contribution >= 4 is 29.4 Å². The lowest BCUT2D eigenvalue weighted by atomic mass is 10.1. The van der Waals surface area contributed by atoms with E-state index in [0.29, 0.717) is 23.0 Å². The smallest absolute Gasteiger partial charge is 0.336 e. The van der Waals surface area contributed by atoms with Crippen molar-refractivity contribution in [3.63, 3.8) is 0 Å². The van der Waals surface area contributed by atoms with Crippen LogP contribution in [0.1, 0.15) is 16.7 Å². The quantitative estimate of drug-likeness (QED) is 0.427. The number of fused-ring (bicyclic) bond motifs is 3. The zero-order valence-corrected chi connectivity index (χ0v) is 16.0. The van der Waals surface area contributed by atoms with E-state index in [0.717, 1.165) is 22.5 Å². The molecule has 0 amide bonds. The molecule has 0 radical (unpaired) electrons. The number of hydrogen-bond acceptors (Lipinski definition) is 1. The minimum Gasteiger partial charge on any atom is -0.336 e. The van der Waals surface area contributed by atoms with Gasteiger partial charge in [-0.05, 0) is 35.4 Å². The van der Waals surface area contributed by atoms with E-state index in [9.17, 15) is 17.7 Å². The number of benzene rings is 3. The summed E-state index contributed by atoms with van der Waals surface area (Å²) in [4.78, 5) is 18.2. The molecule has 1 aromatic heterocycles. The summed E-state index contributed by atoms with van der Waals surface area (Å²) < 4.78 is 52.6. The van der Waals surface area contributed by atoms with Gasteiger partial charge in [-0.1, -0.05) is 42.5 Å². The van der Waals surface area contributed by atoms with E-state index in [-0.39, 0.29) is 6.16 Å². The van der Waals surface area contributed by atoms with Crippen molar-refractivity contribution in [2.75, 3.05) is 0 Å². The van der Waals surface area contributed by atoms with Gasteiger partial charge in [-0.25, -0.2) is 0 Å². The maximum absolute atomic E-state index is 13.2. The Hall–Kier alpha value is -2.60. The number of nitrogens with zero attached hydrogens (tertiary/aromatic N) is 1. The summed E-state index contributed by atoms with van der Waals surface area (Å²) in [6.45, 7) is 0.422. The number of hydrogen-bond donors (Lipinski definition) is 2. The molecule has 0 bridgehead atoms. The van der Waals surface area contributed by atoms with Crippen molar-refractivity contribution in [3.8, 4) is 0 Å². The second-order valence-corrected chi connectivity index (χ2v) is 8.62. The minimum absolute atomic E-state index is 0.330. The van der Waals surface area contributed by atoms with Crippen LogP contribution in [-0.2, 0) is 23.4 Å². The minimum atomic E-state index is -4.41. The summed E-state index contributed by atoms with van der Waals surface area (Å²) in [5.74, 6) is 0. The highest BCUT2D eigenvalue weighted by molar-refractivity contribution is 7.50. The van der Waals surface area contributed by atoms with Crippen LogP contribution < -0.4 is 0 Å². The van der Waals surface area contributed by atoms with Crippen LogP contribution in [0.2, 0.25) is 0 Å². The van der Waals surface area contributed by atoms with Gasteiger partial charge >= 0.3 is 13.8 Å². The third-order valence-corrected chi connectivity index (χ3v) is 5.63. The molecular formula is C21H17F3NO3P. The topological polar surface area (TPSA) is 62.5 Å². The van der Waals surface area contributed by atoms with Crippen LogP contribution in [0.3, 0.4) is 0 Å². The molecule has 0 spiro atoms. The van der Waals surface area contributed by atoms with Crippen LogP contribution in [-0.4, -0.2) is 14.4 Å². The van der Waals surface area contributed by atoms with E-state index >= 15 is 0 Å². The summed E-state index contributed by atoms with van der Waals surface area (Å²) >= 11 is 0. The first-order chi connectivity index (χ1) is 13.6. The fourth-order valence-electron chi connectivity index (χ4n) is 3.57. The molecule has 0 fully saturated rings. The predicted molar refractivity (Wildman–Crippen MR) is 106 cm³/mol. The maximum Gasteiger partial charge on any atom is 0.416 e. The average molecular weight is 419 g/mol. The molecular weight excluding hydrogens is 402 g/mol. The predicted octanol–water partition coefficient (Wildman–Crippen LogP) is 5.54. The van der Waals surface area contributed by atoms with E-state index in [1.165, 1.54) is 12.1 Å². The van der Waals surface area contributed by atoms with Gasteiger partial charge in [-0.2, -0.15) is 13.2 Å². The Bertz CT molecular complexity index is 1240. The van der Waals surface area contributed by atoms with Gasteiger partial charge in [-0.15, -0.1) is 0 Å². The molecule has 4 nitrogen and oxygen atoms in total. The monoisotopic (exact) mass is 419 g/mol. The molecule has 8 heteroatoms. The lowest BCUT2D eigenvalue weighted by molar-refractivity contribution is -0.137. The van der Waals surface area contributed by atoms with E-state index in [1.54, 1.807) is 36.4 Å². The molecule has 4 rings (SSSR count). The number of para-hydroxylation sites is 1. The highest BCUT2D eigenvalue weighted by Crippen LogP contribution is 2.39. The van der Waals surface area contributed by atoms with Gasteiger partial charge in [0.2, 0.25) is 0 Å². The molecule has 0 aliphatic heterocycles. The third kappa shape index (κ3) is 4.08. The summed E-state index contributed by atoms with van der Waals surface area (Å²) in [6.07, 6.45) is -4.74. The fraction of sp³-hybridized carbons (Fsp3) is 0.143. The first kappa shape index (κ1) is 19.7. The molecule has 0 aliphatic rings. The van der Waals surface area contributed by atoms with Gasteiger partial charge in [0.15, 0.2) is 0 Å². The van der Waals surface area contributed by atoms with Crippen LogP contribution in [0.5, 0.6) is 0 Å². The molecule has 29 heavy (non-hydrogen) atoms. The largest absolute Gasteiger partial charge is 0.416 e. The fourth-order valence-corrected chi connectivity index (χ4v) is 4.26. The Morgan fingerprint density at radius 3 is 2.10 bits per heavy atom. The van der Waals surface area contributed by atoms with Crippen molar-refractivity contribution in [2.24, 2.45) is 0 Å². The lowest BCUT2D eigenvalue weighted by Gasteiger charge is -2.10. The number of alkyl halides is 3. The molecule has 150 valence electrons. The van der Waals surface area contributed by atoms with Crippen molar-refractivity contribution in [1.29, 1.82) is 0 Å². The second kappa shape index (κ2) is 7.02. The van der Waals surface area contributed by atoms with Crippen molar-refractivity contribution in [3.05, 3.63) is 83.4 Å². The van der Waals surface area contributed by atoms with Gasteiger partial charge in [0.05, 0.1) is 11.7 Å². The van der Waals surface area contributed by atoms with E-state index < -0.39 is 19.3 Å². The normalized spacial score (nSPS) is 12.7. The highest BCUT2D eigenvalue weighted by Gasteiger charge is 2.31. The molecule has 1 heterocycles. The summed E-state index contributed by atoms with van der Waals surface area (Å²) in [5.41, 5.74) is 2.23. The van der Waals surface area contributed by atoms with Crippen LogP contribution in [0, 0.1) is 0 Å². The number of rotatable bonds is 4. The summed E-state index contributed by atoms with van der Waals surface area (Å²) in [6, 6.07) is 17.9. The Morgan fingerprint density at radius 2 is 1.45 bits per heavy atom.